The number of hydrogen-bond acceptors (Lipinski definition) is 4. The molecule has 0 aliphatic carbocycles. The Morgan fingerprint density at radius 1 is 1.06 bits per heavy atom. The van der Waals surface area contributed by atoms with Crippen LogP contribution >= 0.6 is 0 Å². The summed E-state index contributed by atoms with van der Waals surface area (Å²) >= 11 is 0. The number of nitrogens with zero attached hydrogens (tertiary/aromatic N) is 2. The summed E-state index contributed by atoms with van der Waals surface area (Å²) in [4.78, 5) is 27.4. The number of benzene rings is 2. The number of halogens is 1. The van der Waals surface area contributed by atoms with Crippen LogP contribution in [0.2, 0.25) is 0 Å². The molecule has 0 aromatic heterocycles. The lowest BCUT2D eigenvalue weighted by atomic mass is 10.1. The zero-order chi connectivity index (χ0) is 24.1. The standard InChI is InChI=1S/C23H30FN3O4S/c1-16(2)25-23(29)18(4)26(14-19-10-7-6-9-17(19)3)22(28)15-27(32(5,30)31)21-12-8-11-20(24)13-21/h6-13,16,18H,14-15H2,1-5H3,(H,25,29)/t18-/m0/s1. The maximum Gasteiger partial charge on any atom is 0.244 e. The fraction of sp³-hybridized carbons (Fsp3) is 0.391. The third-order valence-corrected chi connectivity index (χ3v) is 6.12. The van der Waals surface area contributed by atoms with Gasteiger partial charge in [-0.25, -0.2) is 12.8 Å². The number of rotatable bonds is 9. The SMILES string of the molecule is Cc1ccccc1CN(C(=O)CN(c1cccc(F)c1)S(C)(=O)=O)[C@@H](C)C(=O)NC(C)C. The Labute approximate surface area is 189 Å². The molecule has 2 rings (SSSR count). The van der Waals surface area contributed by atoms with Crippen molar-refractivity contribution < 1.29 is 22.4 Å². The molecule has 9 heteroatoms. The van der Waals surface area contributed by atoms with Gasteiger partial charge in [-0.15, -0.1) is 0 Å². The fourth-order valence-corrected chi connectivity index (χ4v) is 4.05. The minimum absolute atomic E-state index is 0.0379. The van der Waals surface area contributed by atoms with Gasteiger partial charge in [-0.2, -0.15) is 0 Å². The van der Waals surface area contributed by atoms with Gasteiger partial charge in [-0.3, -0.25) is 13.9 Å². The predicted octanol–water partition coefficient (Wildman–Crippen LogP) is 2.84. The summed E-state index contributed by atoms with van der Waals surface area (Å²) in [6.45, 7) is 6.68. The third kappa shape index (κ3) is 6.78. The molecule has 0 aliphatic heterocycles. The molecule has 2 aromatic rings. The maximum atomic E-state index is 13.7. The van der Waals surface area contributed by atoms with E-state index in [2.05, 4.69) is 5.32 Å². The monoisotopic (exact) mass is 463 g/mol. The lowest BCUT2D eigenvalue weighted by Crippen LogP contribution is -2.52. The largest absolute Gasteiger partial charge is 0.352 e. The highest BCUT2D eigenvalue weighted by Gasteiger charge is 2.30. The molecule has 1 N–H and O–H groups in total. The van der Waals surface area contributed by atoms with Crippen LogP contribution in [0.15, 0.2) is 48.5 Å². The van der Waals surface area contributed by atoms with Crippen molar-refractivity contribution in [2.75, 3.05) is 17.1 Å². The number of aryl methyl sites for hydroxylation is 1. The van der Waals surface area contributed by atoms with Gasteiger partial charge in [-0.05, 0) is 57.0 Å². The van der Waals surface area contributed by atoms with E-state index in [0.717, 1.165) is 27.8 Å². The molecule has 2 amide bonds. The van der Waals surface area contributed by atoms with Crippen LogP contribution in [0.4, 0.5) is 10.1 Å². The van der Waals surface area contributed by atoms with Crippen molar-refractivity contribution in [1.82, 2.24) is 10.2 Å². The lowest BCUT2D eigenvalue weighted by Gasteiger charge is -2.32. The average Bonchev–Trinajstić information content (AvgIpc) is 2.69. The Morgan fingerprint density at radius 3 is 2.28 bits per heavy atom. The van der Waals surface area contributed by atoms with Crippen LogP contribution in [0, 0.1) is 12.7 Å². The summed E-state index contributed by atoms with van der Waals surface area (Å²) < 4.78 is 39.4. The molecule has 7 nitrogen and oxygen atoms in total. The number of amides is 2. The van der Waals surface area contributed by atoms with E-state index < -0.39 is 34.3 Å². The highest BCUT2D eigenvalue weighted by atomic mass is 32.2. The molecule has 1 atom stereocenters. The number of nitrogens with one attached hydrogen (secondary N) is 1. The first-order chi connectivity index (χ1) is 14.9. The van der Waals surface area contributed by atoms with Crippen molar-refractivity contribution in [2.45, 2.75) is 46.3 Å². The molecule has 0 saturated heterocycles. The van der Waals surface area contributed by atoms with Gasteiger partial charge in [0.2, 0.25) is 21.8 Å². The highest BCUT2D eigenvalue weighted by molar-refractivity contribution is 7.92. The quantitative estimate of drug-likeness (QED) is 0.620. The Kier molecular flexibility index (Phi) is 8.38. The van der Waals surface area contributed by atoms with E-state index in [1.165, 1.54) is 23.1 Å². The molecule has 0 bridgehead atoms. The summed E-state index contributed by atoms with van der Waals surface area (Å²) in [7, 11) is -3.89. The van der Waals surface area contributed by atoms with Crippen LogP contribution in [0.25, 0.3) is 0 Å². The molecular weight excluding hydrogens is 433 g/mol. The van der Waals surface area contributed by atoms with Crippen LogP contribution in [0.3, 0.4) is 0 Å². The zero-order valence-corrected chi connectivity index (χ0v) is 19.8. The smallest absolute Gasteiger partial charge is 0.244 e. The predicted molar refractivity (Wildman–Crippen MR) is 123 cm³/mol. The average molecular weight is 464 g/mol. The molecule has 0 fully saturated rings. The molecule has 0 radical (unpaired) electrons. The van der Waals surface area contributed by atoms with Gasteiger partial charge in [0.05, 0.1) is 11.9 Å². The second-order valence-electron chi connectivity index (χ2n) is 8.04. The minimum Gasteiger partial charge on any atom is -0.352 e. The fourth-order valence-electron chi connectivity index (χ4n) is 3.20. The van der Waals surface area contributed by atoms with E-state index in [9.17, 15) is 22.4 Å². The number of carbonyl (C=O) groups is 2. The van der Waals surface area contributed by atoms with Gasteiger partial charge < -0.3 is 10.2 Å². The zero-order valence-electron chi connectivity index (χ0n) is 19.0. The van der Waals surface area contributed by atoms with E-state index in [1.807, 2.05) is 45.0 Å². The van der Waals surface area contributed by atoms with E-state index in [1.54, 1.807) is 6.92 Å². The molecule has 32 heavy (non-hydrogen) atoms. The summed E-state index contributed by atoms with van der Waals surface area (Å²) in [5.74, 6) is -1.54. The summed E-state index contributed by atoms with van der Waals surface area (Å²) in [6.07, 6.45) is 0.950. The Morgan fingerprint density at radius 2 is 1.72 bits per heavy atom. The normalized spacial score (nSPS) is 12.3. The Bertz CT molecular complexity index is 1070. The third-order valence-electron chi connectivity index (χ3n) is 4.98. The van der Waals surface area contributed by atoms with Crippen molar-refractivity contribution in [3.63, 3.8) is 0 Å². The molecule has 174 valence electrons. The van der Waals surface area contributed by atoms with Crippen LogP contribution in [0.5, 0.6) is 0 Å². The lowest BCUT2D eigenvalue weighted by molar-refractivity contribution is -0.139. The first-order valence-corrected chi connectivity index (χ1v) is 12.1. The van der Waals surface area contributed by atoms with Crippen LogP contribution in [-0.4, -0.2) is 50.0 Å². The second kappa shape index (κ2) is 10.6. The topological polar surface area (TPSA) is 86.8 Å². The van der Waals surface area contributed by atoms with Crippen LogP contribution < -0.4 is 9.62 Å². The maximum absolute atomic E-state index is 13.7. The second-order valence-corrected chi connectivity index (χ2v) is 9.94. The number of sulfonamides is 1. The number of carbonyl (C=O) groups excluding carboxylic acids is 2. The molecule has 0 aliphatic rings. The van der Waals surface area contributed by atoms with Gasteiger partial charge in [-0.1, -0.05) is 30.3 Å². The molecule has 0 spiro atoms. The Hall–Kier alpha value is -2.94. The van der Waals surface area contributed by atoms with Gasteiger partial charge >= 0.3 is 0 Å². The van der Waals surface area contributed by atoms with E-state index >= 15 is 0 Å². The van der Waals surface area contributed by atoms with E-state index in [4.69, 9.17) is 0 Å². The van der Waals surface area contributed by atoms with Crippen molar-refractivity contribution in [3.05, 3.63) is 65.5 Å². The van der Waals surface area contributed by atoms with Crippen molar-refractivity contribution in [1.29, 1.82) is 0 Å². The molecule has 2 aromatic carbocycles. The van der Waals surface area contributed by atoms with Crippen molar-refractivity contribution >= 4 is 27.5 Å². The van der Waals surface area contributed by atoms with Crippen molar-refractivity contribution in [2.24, 2.45) is 0 Å². The van der Waals surface area contributed by atoms with Gasteiger partial charge in [0.15, 0.2) is 0 Å². The van der Waals surface area contributed by atoms with Crippen LogP contribution in [0.1, 0.15) is 31.9 Å². The summed E-state index contributed by atoms with van der Waals surface area (Å²) in [6, 6.07) is 11.5. The molecule has 0 saturated carbocycles. The van der Waals surface area contributed by atoms with Gasteiger partial charge in [0.25, 0.3) is 0 Å². The summed E-state index contributed by atoms with van der Waals surface area (Å²) in [5, 5.41) is 2.79. The molecule has 0 heterocycles. The highest BCUT2D eigenvalue weighted by Crippen LogP contribution is 2.20. The first-order valence-electron chi connectivity index (χ1n) is 10.3. The number of anilines is 1. The Balaban J connectivity index is 2.40. The van der Waals surface area contributed by atoms with Crippen molar-refractivity contribution in [3.8, 4) is 0 Å². The first kappa shape index (κ1) is 25.3. The minimum atomic E-state index is -3.89. The van der Waals surface area contributed by atoms with Crippen LogP contribution in [-0.2, 0) is 26.2 Å². The van der Waals surface area contributed by atoms with Gasteiger partial charge in [0, 0.05) is 12.6 Å². The van der Waals surface area contributed by atoms with Gasteiger partial charge in [0.1, 0.15) is 18.4 Å². The van der Waals surface area contributed by atoms with E-state index in [-0.39, 0.29) is 24.2 Å². The number of hydrogen-bond donors (Lipinski definition) is 1. The van der Waals surface area contributed by atoms with E-state index in [0.29, 0.717) is 0 Å². The molecule has 0 unspecified atom stereocenters. The molecular formula is C23H30FN3O4S. The summed E-state index contributed by atoms with van der Waals surface area (Å²) in [5.41, 5.74) is 1.81.